The third-order valence-corrected chi connectivity index (χ3v) is 14.2. The van der Waals surface area contributed by atoms with Crippen molar-refractivity contribution in [1.29, 1.82) is 0 Å². The zero-order valence-electron chi connectivity index (χ0n) is 25.4. The normalized spacial score (nSPS) is 34.1. The van der Waals surface area contributed by atoms with Crippen LogP contribution < -0.4 is 9.47 Å². The first-order valence-electron chi connectivity index (χ1n) is 16.8. The van der Waals surface area contributed by atoms with Crippen molar-refractivity contribution in [3.8, 4) is 11.5 Å². The molecule has 1 aromatic heterocycles. The Bertz CT molecular complexity index is 1190. The van der Waals surface area contributed by atoms with Crippen molar-refractivity contribution in [2.24, 2.45) is 47.3 Å². The van der Waals surface area contributed by atoms with Gasteiger partial charge in [-0.1, -0.05) is 51.7 Å². The van der Waals surface area contributed by atoms with Crippen molar-refractivity contribution >= 4 is 56.2 Å². The highest BCUT2D eigenvalue weighted by molar-refractivity contribution is 7.77. The number of benzene rings is 1. The number of rotatable bonds is 6. The van der Waals surface area contributed by atoms with Gasteiger partial charge in [0.05, 0.1) is 21.2 Å². The molecular weight excluding hydrogens is 581 g/mol. The summed E-state index contributed by atoms with van der Waals surface area (Å²) in [6.45, 7) is 4.76. The molecule has 0 saturated heterocycles. The van der Waals surface area contributed by atoms with Crippen molar-refractivity contribution in [2.45, 2.75) is 117 Å². The summed E-state index contributed by atoms with van der Waals surface area (Å²) < 4.78 is 14.4. The molecule has 4 aliphatic rings. The SMILES string of the molecule is CC1CCC(C2CCC(C(=O)Oc3ccc(OC(=O)C4CCC(C5CCC(C)CC5)CC4)c4sc(=S)sc34)CC2)CC1. The molecule has 42 heavy (non-hydrogen) atoms. The fourth-order valence-electron chi connectivity index (χ4n) is 8.62. The summed E-state index contributed by atoms with van der Waals surface area (Å²) in [4.78, 5) is 26.5. The molecule has 7 heteroatoms. The van der Waals surface area contributed by atoms with Gasteiger partial charge in [0, 0.05) is 0 Å². The zero-order valence-corrected chi connectivity index (χ0v) is 27.9. The van der Waals surface area contributed by atoms with Gasteiger partial charge in [-0.3, -0.25) is 9.59 Å². The maximum Gasteiger partial charge on any atom is 0.314 e. The van der Waals surface area contributed by atoms with E-state index in [9.17, 15) is 9.59 Å². The Hall–Kier alpha value is -1.31. The number of hydrogen-bond donors (Lipinski definition) is 0. The van der Waals surface area contributed by atoms with Gasteiger partial charge < -0.3 is 9.47 Å². The predicted molar refractivity (Wildman–Crippen MR) is 175 cm³/mol. The van der Waals surface area contributed by atoms with Crippen LogP contribution in [0.4, 0.5) is 0 Å². The van der Waals surface area contributed by atoms with Crippen molar-refractivity contribution in [2.75, 3.05) is 0 Å². The van der Waals surface area contributed by atoms with Crippen LogP contribution in [0, 0.1) is 50.5 Å². The molecule has 0 atom stereocenters. The molecular formula is C35H48O4S3. The lowest BCUT2D eigenvalue weighted by Crippen LogP contribution is -2.30. The summed E-state index contributed by atoms with van der Waals surface area (Å²) in [5.74, 6) is 5.80. The van der Waals surface area contributed by atoms with Crippen molar-refractivity contribution in [1.82, 2.24) is 0 Å². The van der Waals surface area contributed by atoms with Gasteiger partial charge in [-0.15, -0.1) is 22.7 Å². The van der Waals surface area contributed by atoms with E-state index in [2.05, 4.69) is 13.8 Å². The average molecular weight is 629 g/mol. The maximum atomic E-state index is 13.2. The molecule has 2 aromatic rings. The van der Waals surface area contributed by atoms with E-state index >= 15 is 0 Å². The number of esters is 2. The van der Waals surface area contributed by atoms with Gasteiger partial charge in [0.25, 0.3) is 0 Å². The molecule has 4 fully saturated rings. The minimum Gasteiger partial charge on any atom is -0.425 e. The summed E-state index contributed by atoms with van der Waals surface area (Å²) in [5.41, 5.74) is 0. The summed E-state index contributed by atoms with van der Waals surface area (Å²) >= 11 is 8.42. The van der Waals surface area contributed by atoms with Crippen LogP contribution in [0.3, 0.4) is 0 Å². The van der Waals surface area contributed by atoms with E-state index in [0.29, 0.717) is 11.5 Å². The van der Waals surface area contributed by atoms with E-state index in [-0.39, 0.29) is 23.8 Å². The number of fused-ring (bicyclic) bond motifs is 1. The van der Waals surface area contributed by atoms with Gasteiger partial charge in [-0.2, -0.15) is 0 Å². The Morgan fingerprint density at radius 2 is 0.881 bits per heavy atom. The van der Waals surface area contributed by atoms with Crippen LogP contribution in [0.1, 0.15) is 117 Å². The molecule has 6 rings (SSSR count). The molecule has 230 valence electrons. The predicted octanol–water partition coefficient (Wildman–Crippen LogP) is 10.8. The van der Waals surface area contributed by atoms with Gasteiger partial charge in [0.2, 0.25) is 0 Å². The maximum absolute atomic E-state index is 13.2. The standard InChI is InChI=1S/C35H48O4S3/c1-21-3-7-23(8-4-21)25-11-15-27(16-12-25)33(36)38-29-19-20-30(32-31(29)41-35(40)42-32)39-34(37)28-17-13-26(14-18-28)24-9-5-22(2)6-10-24/h19-28H,3-18H2,1-2H3. The highest BCUT2D eigenvalue weighted by Gasteiger charge is 2.35. The van der Waals surface area contributed by atoms with Crippen LogP contribution in [0.15, 0.2) is 12.1 Å². The largest absolute Gasteiger partial charge is 0.425 e. The van der Waals surface area contributed by atoms with Crippen LogP contribution >= 0.6 is 34.9 Å². The van der Waals surface area contributed by atoms with Crippen LogP contribution in [-0.4, -0.2) is 11.9 Å². The lowest BCUT2D eigenvalue weighted by Gasteiger charge is -2.36. The van der Waals surface area contributed by atoms with Crippen LogP contribution in [0.5, 0.6) is 11.5 Å². The lowest BCUT2D eigenvalue weighted by molar-refractivity contribution is -0.141. The summed E-state index contributed by atoms with van der Waals surface area (Å²) in [6.07, 6.45) is 19.2. The van der Waals surface area contributed by atoms with Crippen molar-refractivity contribution < 1.29 is 19.1 Å². The molecule has 0 amide bonds. The number of ether oxygens (including phenoxy) is 2. The second-order valence-corrected chi connectivity index (χ2v) is 17.5. The highest BCUT2D eigenvalue weighted by Crippen LogP contribution is 2.45. The molecule has 0 unspecified atom stereocenters. The second kappa shape index (κ2) is 13.8. The minimum atomic E-state index is -0.120. The van der Waals surface area contributed by atoms with Crippen LogP contribution in [0.25, 0.3) is 9.40 Å². The molecule has 1 aromatic carbocycles. The number of carbonyl (C=O) groups excluding carboxylic acids is 2. The Kier molecular flexibility index (Phi) is 10.1. The van der Waals surface area contributed by atoms with Gasteiger partial charge in [-0.25, -0.2) is 0 Å². The third kappa shape index (κ3) is 7.15. The van der Waals surface area contributed by atoms with Gasteiger partial charge in [0.1, 0.15) is 14.6 Å². The molecule has 1 heterocycles. The first kappa shape index (κ1) is 30.7. The summed E-state index contributed by atoms with van der Waals surface area (Å²) in [6, 6.07) is 3.60. The van der Waals surface area contributed by atoms with E-state index in [4.69, 9.17) is 21.7 Å². The Labute approximate surface area is 265 Å². The van der Waals surface area contributed by atoms with Gasteiger partial charge in [0.15, 0.2) is 0 Å². The minimum absolute atomic E-state index is 0.0323. The van der Waals surface area contributed by atoms with E-state index in [1.54, 1.807) is 12.1 Å². The first-order valence-corrected chi connectivity index (χ1v) is 18.9. The van der Waals surface area contributed by atoms with E-state index in [1.807, 2.05) is 0 Å². The van der Waals surface area contributed by atoms with Gasteiger partial charge >= 0.3 is 11.9 Å². The van der Waals surface area contributed by atoms with Gasteiger partial charge in [-0.05, 0) is 125 Å². The average Bonchev–Trinajstić information content (AvgIpc) is 3.41. The Balaban J connectivity index is 1.04. The fraction of sp³-hybridized carbons (Fsp3) is 0.743. The molecule has 0 aliphatic heterocycles. The molecule has 0 spiro atoms. The molecule has 4 saturated carbocycles. The van der Waals surface area contributed by atoms with Crippen LogP contribution in [0.2, 0.25) is 0 Å². The first-order chi connectivity index (χ1) is 20.3. The van der Waals surface area contributed by atoms with Crippen molar-refractivity contribution in [3.05, 3.63) is 15.3 Å². The van der Waals surface area contributed by atoms with Crippen molar-refractivity contribution in [3.63, 3.8) is 0 Å². The monoisotopic (exact) mass is 628 g/mol. The summed E-state index contributed by atoms with van der Waals surface area (Å²) in [7, 11) is 0. The topological polar surface area (TPSA) is 52.6 Å². The Morgan fingerprint density at radius 3 is 1.21 bits per heavy atom. The highest BCUT2D eigenvalue weighted by atomic mass is 32.2. The fourth-order valence-corrected chi connectivity index (χ4v) is 11.2. The Morgan fingerprint density at radius 1 is 0.571 bits per heavy atom. The number of hydrogen-bond acceptors (Lipinski definition) is 7. The second-order valence-electron chi connectivity index (χ2n) is 14.3. The van der Waals surface area contributed by atoms with E-state index in [1.165, 1.54) is 74.0 Å². The third-order valence-electron chi connectivity index (χ3n) is 11.5. The molecule has 0 radical (unpaired) electrons. The zero-order chi connectivity index (χ0) is 29.2. The quantitative estimate of drug-likeness (QED) is 0.181. The smallest absolute Gasteiger partial charge is 0.314 e. The molecule has 0 N–H and O–H groups in total. The van der Waals surface area contributed by atoms with E-state index in [0.717, 1.165) is 99.4 Å². The van der Waals surface area contributed by atoms with E-state index < -0.39 is 0 Å². The summed E-state index contributed by atoms with van der Waals surface area (Å²) in [5, 5.41) is 0. The van der Waals surface area contributed by atoms with Crippen LogP contribution in [-0.2, 0) is 9.59 Å². The molecule has 0 bridgehead atoms. The lowest BCUT2D eigenvalue weighted by atomic mass is 9.69. The molecule has 4 nitrogen and oxygen atoms in total. The molecule has 4 aliphatic carbocycles. The number of carbonyl (C=O) groups is 2.